The molecule has 0 N–H and O–H groups in total. The quantitative estimate of drug-likeness (QED) is 0.229. The first kappa shape index (κ1) is 21.8. The Balaban J connectivity index is 1.73. The number of carbonyl (C=O) groups excluding carboxylic acids is 2. The van der Waals surface area contributed by atoms with Crippen LogP contribution in [-0.4, -0.2) is 27.0 Å². The number of nitrogens with zero attached hydrogens (tertiary/aromatic N) is 3. The third-order valence-corrected chi connectivity index (χ3v) is 3.95. The van der Waals surface area contributed by atoms with E-state index in [0.29, 0.717) is 0 Å². The SMILES string of the molecule is O=C(Oc1ccc([N+](=O)[O-])cc1)Oc1ccc([N+](=O)[O-])cc1COC(=O)c1cccnc1. The number of nitro groups is 2. The number of non-ortho nitro benzene ring substituents is 2. The number of pyridine rings is 1. The fraction of sp³-hybridized carbons (Fsp3) is 0.0500. The van der Waals surface area contributed by atoms with Crippen molar-refractivity contribution in [2.75, 3.05) is 0 Å². The maximum absolute atomic E-state index is 12.1. The molecule has 0 aliphatic carbocycles. The number of ether oxygens (including phenoxy) is 3. The summed E-state index contributed by atoms with van der Waals surface area (Å²) in [4.78, 5) is 48.5. The van der Waals surface area contributed by atoms with Crippen molar-refractivity contribution in [3.8, 4) is 11.5 Å². The fourth-order valence-corrected chi connectivity index (χ4v) is 2.44. The molecule has 0 spiro atoms. The van der Waals surface area contributed by atoms with Crippen LogP contribution in [0, 0.1) is 20.2 Å². The van der Waals surface area contributed by atoms with E-state index in [-0.39, 0.29) is 34.0 Å². The molecule has 12 heteroatoms. The van der Waals surface area contributed by atoms with Crippen molar-refractivity contribution >= 4 is 23.5 Å². The van der Waals surface area contributed by atoms with Crippen molar-refractivity contribution < 1.29 is 33.6 Å². The molecule has 1 aromatic heterocycles. The topological polar surface area (TPSA) is 161 Å². The number of carbonyl (C=O) groups is 2. The maximum atomic E-state index is 12.1. The maximum Gasteiger partial charge on any atom is 0.519 e. The Morgan fingerprint density at radius 2 is 1.59 bits per heavy atom. The lowest BCUT2D eigenvalue weighted by molar-refractivity contribution is -0.385. The summed E-state index contributed by atoms with van der Waals surface area (Å²) in [6.07, 6.45) is 1.56. The van der Waals surface area contributed by atoms with Crippen LogP contribution < -0.4 is 9.47 Å². The smallest absolute Gasteiger partial charge is 0.457 e. The molecule has 3 rings (SSSR count). The van der Waals surface area contributed by atoms with Crippen LogP contribution in [0.25, 0.3) is 0 Å². The summed E-state index contributed by atoms with van der Waals surface area (Å²) in [5.41, 5.74) is -0.303. The molecule has 0 saturated carbocycles. The highest BCUT2D eigenvalue weighted by Crippen LogP contribution is 2.26. The zero-order valence-electron chi connectivity index (χ0n) is 16.1. The molecule has 2 aromatic carbocycles. The van der Waals surface area contributed by atoms with E-state index in [0.717, 1.165) is 30.3 Å². The highest BCUT2D eigenvalue weighted by Gasteiger charge is 2.18. The summed E-state index contributed by atoms with van der Waals surface area (Å²) < 4.78 is 15.2. The Bertz CT molecular complexity index is 1160. The van der Waals surface area contributed by atoms with Gasteiger partial charge in [0.05, 0.1) is 15.4 Å². The van der Waals surface area contributed by atoms with E-state index < -0.39 is 28.6 Å². The first-order valence-corrected chi connectivity index (χ1v) is 8.82. The van der Waals surface area contributed by atoms with Crippen LogP contribution in [0.2, 0.25) is 0 Å². The number of esters is 1. The predicted octanol–water partition coefficient (Wildman–Crippen LogP) is 3.83. The molecule has 162 valence electrons. The summed E-state index contributed by atoms with van der Waals surface area (Å²) in [5.74, 6) is -0.891. The first-order valence-electron chi connectivity index (χ1n) is 8.82. The summed E-state index contributed by atoms with van der Waals surface area (Å²) >= 11 is 0. The van der Waals surface area contributed by atoms with E-state index in [4.69, 9.17) is 14.2 Å². The minimum atomic E-state index is -1.20. The highest BCUT2D eigenvalue weighted by molar-refractivity contribution is 5.88. The van der Waals surface area contributed by atoms with Crippen molar-refractivity contribution in [1.29, 1.82) is 0 Å². The second kappa shape index (κ2) is 9.75. The normalized spacial score (nSPS) is 10.1. The highest BCUT2D eigenvalue weighted by atomic mass is 16.7. The van der Waals surface area contributed by atoms with Crippen LogP contribution in [0.15, 0.2) is 67.0 Å². The largest absolute Gasteiger partial charge is 0.519 e. The molecule has 0 amide bonds. The standard InChI is InChI=1S/C20H13N3O9/c24-19(13-2-1-9-21-11-13)30-12-14-10-16(23(28)29)5-8-18(14)32-20(25)31-17-6-3-15(4-7-17)22(26)27/h1-11H,12H2. The van der Waals surface area contributed by atoms with Gasteiger partial charge in [-0.1, -0.05) is 0 Å². The molecule has 0 atom stereocenters. The Hall–Kier alpha value is -4.87. The minimum absolute atomic E-state index is 0.0212. The number of benzene rings is 2. The van der Waals surface area contributed by atoms with Gasteiger partial charge in [-0.15, -0.1) is 0 Å². The molecule has 1 heterocycles. The van der Waals surface area contributed by atoms with Gasteiger partial charge in [0.25, 0.3) is 11.4 Å². The molecule has 0 saturated heterocycles. The van der Waals surface area contributed by atoms with Crippen molar-refractivity contribution in [1.82, 2.24) is 4.98 Å². The molecule has 0 unspecified atom stereocenters. The van der Waals surface area contributed by atoms with Gasteiger partial charge >= 0.3 is 12.1 Å². The van der Waals surface area contributed by atoms with E-state index in [9.17, 15) is 29.8 Å². The Labute approximate surface area is 179 Å². The number of hydrogen-bond acceptors (Lipinski definition) is 10. The molecule has 0 radical (unpaired) electrons. The monoisotopic (exact) mass is 439 g/mol. The lowest BCUT2D eigenvalue weighted by Gasteiger charge is -2.11. The number of nitro benzene ring substituents is 2. The molecule has 12 nitrogen and oxygen atoms in total. The van der Waals surface area contributed by atoms with Gasteiger partial charge in [-0.2, -0.15) is 0 Å². The molecule has 0 aliphatic rings. The average Bonchev–Trinajstić information content (AvgIpc) is 2.79. The average molecular weight is 439 g/mol. The van der Waals surface area contributed by atoms with Gasteiger partial charge in [-0.25, -0.2) is 9.59 Å². The van der Waals surface area contributed by atoms with Gasteiger partial charge < -0.3 is 14.2 Å². The Morgan fingerprint density at radius 3 is 2.22 bits per heavy atom. The third-order valence-electron chi connectivity index (χ3n) is 3.95. The van der Waals surface area contributed by atoms with Gasteiger partial charge in [0, 0.05) is 42.2 Å². The Kier molecular flexibility index (Phi) is 6.65. The van der Waals surface area contributed by atoms with Crippen LogP contribution in [0.3, 0.4) is 0 Å². The van der Waals surface area contributed by atoms with Crippen molar-refractivity contribution in [3.63, 3.8) is 0 Å². The number of aromatic nitrogens is 1. The van der Waals surface area contributed by atoms with E-state index in [1.165, 1.54) is 36.7 Å². The summed E-state index contributed by atoms with van der Waals surface area (Å²) in [6.45, 7) is -0.435. The third kappa shape index (κ3) is 5.60. The minimum Gasteiger partial charge on any atom is -0.457 e. The summed E-state index contributed by atoms with van der Waals surface area (Å²) in [6, 6.07) is 11.0. The molecular formula is C20H13N3O9. The van der Waals surface area contributed by atoms with Gasteiger partial charge in [0.2, 0.25) is 0 Å². The fourth-order valence-electron chi connectivity index (χ4n) is 2.44. The first-order chi connectivity index (χ1) is 15.3. The van der Waals surface area contributed by atoms with Crippen LogP contribution in [0.5, 0.6) is 11.5 Å². The lowest BCUT2D eigenvalue weighted by Crippen LogP contribution is -2.15. The van der Waals surface area contributed by atoms with E-state index >= 15 is 0 Å². The number of hydrogen-bond donors (Lipinski definition) is 0. The van der Waals surface area contributed by atoms with E-state index in [2.05, 4.69) is 4.98 Å². The number of rotatable bonds is 7. The molecular weight excluding hydrogens is 426 g/mol. The van der Waals surface area contributed by atoms with Gasteiger partial charge in [-0.05, 0) is 30.3 Å². The van der Waals surface area contributed by atoms with Gasteiger partial charge in [0.1, 0.15) is 18.1 Å². The second-order valence-electron chi connectivity index (χ2n) is 6.07. The molecule has 0 bridgehead atoms. The molecule has 3 aromatic rings. The summed E-state index contributed by atoms with van der Waals surface area (Å²) in [7, 11) is 0. The van der Waals surface area contributed by atoms with Crippen LogP contribution in [0.1, 0.15) is 15.9 Å². The second-order valence-corrected chi connectivity index (χ2v) is 6.07. The van der Waals surface area contributed by atoms with Crippen molar-refractivity contribution in [3.05, 3.63) is 98.3 Å². The summed E-state index contributed by atoms with van der Waals surface area (Å²) in [5, 5.41) is 21.7. The molecule has 0 aliphatic heterocycles. The predicted molar refractivity (Wildman–Crippen MR) is 106 cm³/mol. The lowest BCUT2D eigenvalue weighted by atomic mass is 10.2. The van der Waals surface area contributed by atoms with Crippen molar-refractivity contribution in [2.24, 2.45) is 0 Å². The Morgan fingerprint density at radius 1 is 0.906 bits per heavy atom. The van der Waals surface area contributed by atoms with Gasteiger partial charge in [0.15, 0.2) is 0 Å². The van der Waals surface area contributed by atoms with Crippen molar-refractivity contribution in [2.45, 2.75) is 6.61 Å². The van der Waals surface area contributed by atoms with Crippen LogP contribution >= 0.6 is 0 Å². The zero-order valence-corrected chi connectivity index (χ0v) is 16.1. The van der Waals surface area contributed by atoms with Gasteiger partial charge in [-0.3, -0.25) is 25.2 Å². The van der Waals surface area contributed by atoms with E-state index in [1.807, 2.05) is 0 Å². The van der Waals surface area contributed by atoms with Crippen LogP contribution in [-0.2, 0) is 11.3 Å². The molecule has 32 heavy (non-hydrogen) atoms. The van der Waals surface area contributed by atoms with Crippen LogP contribution in [0.4, 0.5) is 16.2 Å². The molecule has 0 fully saturated rings. The van der Waals surface area contributed by atoms with E-state index in [1.54, 1.807) is 0 Å². The zero-order chi connectivity index (χ0) is 23.1.